The highest BCUT2D eigenvalue weighted by atomic mass is 16.5. The molecule has 2 N–H and O–H groups in total. The maximum atomic E-state index is 12.9. The predicted octanol–water partition coefficient (Wildman–Crippen LogP) is 2.32. The Morgan fingerprint density at radius 2 is 1.66 bits per heavy atom. The summed E-state index contributed by atoms with van der Waals surface area (Å²) in [6.45, 7) is 3.19. The number of nitrogens with one attached hydrogen (secondary N) is 1. The first-order chi connectivity index (χ1) is 14.3. The number of amides is 1. The number of aliphatic hydroxyl groups is 1. The molecular weight excluding hydrogens is 368 g/mol. The van der Waals surface area contributed by atoms with Crippen molar-refractivity contribution in [1.82, 2.24) is 5.32 Å². The second kappa shape index (κ2) is 11.5. The summed E-state index contributed by atoms with van der Waals surface area (Å²) in [6.07, 6.45) is 4.15. The molecule has 0 fully saturated rings. The van der Waals surface area contributed by atoms with Crippen LogP contribution in [0.2, 0.25) is 0 Å². The van der Waals surface area contributed by atoms with E-state index in [1.807, 2.05) is 48.5 Å². The average Bonchev–Trinajstić information content (AvgIpc) is 2.74. The van der Waals surface area contributed by atoms with Crippen LogP contribution in [-0.4, -0.2) is 57.1 Å². The number of carbonyl (C=O) groups excluding carboxylic acids is 1. The molecule has 3 rings (SSSR count). The van der Waals surface area contributed by atoms with E-state index in [9.17, 15) is 4.79 Å². The van der Waals surface area contributed by atoms with E-state index in [0.717, 1.165) is 22.4 Å². The third kappa shape index (κ3) is 6.24. The number of ether oxygens (including phenoxy) is 2. The van der Waals surface area contributed by atoms with Gasteiger partial charge in [-0.3, -0.25) is 4.79 Å². The highest BCUT2D eigenvalue weighted by Crippen LogP contribution is 2.28. The lowest BCUT2D eigenvalue weighted by molar-refractivity contribution is -0.123. The Balaban J connectivity index is 1.56. The number of para-hydroxylation sites is 1. The number of anilines is 1. The molecule has 0 atom stereocenters. The minimum Gasteiger partial charge on any atom is -0.395 e. The van der Waals surface area contributed by atoms with Crippen LogP contribution in [0.1, 0.15) is 16.7 Å². The van der Waals surface area contributed by atoms with E-state index < -0.39 is 0 Å². The molecule has 1 aliphatic heterocycles. The molecule has 0 unspecified atom stereocenters. The van der Waals surface area contributed by atoms with Gasteiger partial charge in [0.2, 0.25) is 0 Å². The van der Waals surface area contributed by atoms with Gasteiger partial charge in [-0.1, -0.05) is 54.6 Å². The molecule has 0 aliphatic carbocycles. The van der Waals surface area contributed by atoms with Crippen LogP contribution in [0.3, 0.4) is 0 Å². The Morgan fingerprint density at radius 3 is 2.52 bits per heavy atom. The van der Waals surface area contributed by atoms with Crippen molar-refractivity contribution >= 4 is 23.7 Å². The van der Waals surface area contributed by atoms with Crippen molar-refractivity contribution in [2.24, 2.45) is 0 Å². The Morgan fingerprint density at radius 1 is 0.931 bits per heavy atom. The highest BCUT2D eigenvalue weighted by Gasteiger charge is 2.20. The second-order valence-corrected chi connectivity index (χ2v) is 6.71. The Hall–Kier alpha value is -2.51. The zero-order chi connectivity index (χ0) is 20.3. The molecule has 0 spiro atoms. The summed E-state index contributed by atoms with van der Waals surface area (Å²) in [6, 6.07) is 16.0. The molecule has 1 amide bonds. The molecule has 0 bridgehead atoms. The third-order valence-electron chi connectivity index (χ3n) is 4.66. The summed E-state index contributed by atoms with van der Waals surface area (Å²) in [5.74, 6) is -0.0767. The van der Waals surface area contributed by atoms with Gasteiger partial charge in [-0.2, -0.15) is 0 Å². The Bertz CT molecular complexity index is 822. The minimum absolute atomic E-state index is 0.00629. The van der Waals surface area contributed by atoms with Crippen molar-refractivity contribution in [1.29, 1.82) is 0 Å². The maximum absolute atomic E-state index is 12.9. The quantitative estimate of drug-likeness (QED) is 0.603. The summed E-state index contributed by atoms with van der Waals surface area (Å²) in [5, 5.41) is 11.7. The van der Waals surface area contributed by atoms with E-state index in [1.54, 1.807) is 4.90 Å². The smallest absolute Gasteiger partial charge is 0.253 e. The van der Waals surface area contributed by atoms with Crippen LogP contribution in [0, 0.1) is 0 Å². The van der Waals surface area contributed by atoms with Crippen LogP contribution < -0.4 is 10.2 Å². The monoisotopic (exact) mass is 396 g/mol. The molecule has 1 aliphatic rings. The molecule has 0 saturated heterocycles. The molecule has 6 heteroatoms. The number of hydrogen-bond donors (Lipinski definition) is 2. The summed E-state index contributed by atoms with van der Waals surface area (Å²) >= 11 is 0. The van der Waals surface area contributed by atoms with Gasteiger partial charge >= 0.3 is 0 Å². The summed E-state index contributed by atoms with van der Waals surface area (Å²) < 4.78 is 11.0. The zero-order valence-corrected chi connectivity index (χ0v) is 16.5. The van der Waals surface area contributed by atoms with Gasteiger partial charge in [-0.05, 0) is 22.8 Å². The number of carbonyl (C=O) groups is 1. The number of rotatable bonds is 10. The lowest BCUT2D eigenvalue weighted by atomic mass is 10.0. The topological polar surface area (TPSA) is 71.0 Å². The molecule has 0 radical (unpaired) electrons. The molecular formula is C23H28N2O4. The maximum Gasteiger partial charge on any atom is 0.253 e. The van der Waals surface area contributed by atoms with Crippen molar-refractivity contribution in [3.05, 3.63) is 65.2 Å². The van der Waals surface area contributed by atoms with Crippen LogP contribution in [0.25, 0.3) is 12.2 Å². The SMILES string of the molecule is O=C(COCCOCCNCCO)N1Cc2ccccc2/C=C\c2ccccc21. The normalized spacial score (nSPS) is 13.9. The van der Waals surface area contributed by atoms with Crippen molar-refractivity contribution in [3.8, 4) is 0 Å². The predicted molar refractivity (Wildman–Crippen MR) is 115 cm³/mol. The third-order valence-corrected chi connectivity index (χ3v) is 4.66. The van der Waals surface area contributed by atoms with E-state index in [1.165, 1.54) is 0 Å². The first kappa shape index (κ1) is 21.2. The van der Waals surface area contributed by atoms with Gasteiger partial charge in [-0.15, -0.1) is 0 Å². The highest BCUT2D eigenvalue weighted by molar-refractivity contribution is 5.97. The molecule has 0 aromatic heterocycles. The van der Waals surface area contributed by atoms with E-state index in [0.29, 0.717) is 39.5 Å². The zero-order valence-electron chi connectivity index (χ0n) is 16.5. The van der Waals surface area contributed by atoms with Gasteiger partial charge in [0.05, 0.1) is 38.7 Å². The van der Waals surface area contributed by atoms with Gasteiger partial charge in [0.25, 0.3) is 5.91 Å². The first-order valence-electron chi connectivity index (χ1n) is 9.92. The van der Waals surface area contributed by atoms with Crippen LogP contribution in [0.4, 0.5) is 5.69 Å². The van der Waals surface area contributed by atoms with Gasteiger partial charge in [0, 0.05) is 13.1 Å². The van der Waals surface area contributed by atoms with Crippen LogP contribution in [-0.2, 0) is 20.8 Å². The summed E-state index contributed by atoms with van der Waals surface area (Å²) in [7, 11) is 0. The van der Waals surface area contributed by atoms with Crippen LogP contribution >= 0.6 is 0 Å². The van der Waals surface area contributed by atoms with E-state index >= 15 is 0 Å². The van der Waals surface area contributed by atoms with Crippen molar-refractivity contribution in [2.45, 2.75) is 6.54 Å². The Kier molecular flexibility index (Phi) is 8.40. The molecule has 2 aromatic rings. The molecule has 6 nitrogen and oxygen atoms in total. The number of fused-ring (bicyclic) bond motifs is 2. The van der Waals surface area contributed by atoms with E-state index in [4.69, 9.17) is 14.6 Å². The lowest BCUT2D eigenvalue weighted by Crippen LogP contribution is -2.35. The van der Waals surface area contributed by atoms with E-state index in [2.05, 4.69) is 17.5 Å². The lowest BCUT2D eigenvalue weighted by Gasteiger charge is -2.27. The second-order valence-electron chi connectivity index (χ2n) is 6.71. The molecule has 29 heavy (non-hydrogen) atoms. The molecule has 0 saturated carbocycles. The molecule has 2 aromatic carbocycles. The summed E-state index contributed by atoms with van der Waals surface area (Å²) in [5.41, 5.74) is 4.11. The minimum atomic E-state index is -0.0767. The fourth-order valence-corrected chi connectivity index (χ4v) is 3.18. The van der Waals surface area contributed by atoms with Crippen LogP contribution in [0.15, 0.2) is 48.5 Å². The Labute approximate surface area is 171 Å². The van der Waals surface area contributed by atoms with Crippen molar-refractivity contribution < 1.29 is 19.4 Å². The van der Waals surface area contributed by atoms with Gasteiger partial charge in [0.15, 0.2) is 0 Å². The number of aliphatic hydroxyl groups excluding tert-OH is 1. The van der Waals surface area contributed by atoms with E-state index in [-0.39, 0.29) is 19.1 Å². The molecule has 154 valence electrons. The average molecular weight is 396 g/mol. The molecule has 1 heterocycles. The van der Waals surface area contributed by atoms with Crippen molar-refractivity contribution in [2.75, 3.05) is 51.0 Å². The largest absolute Gasteiger partial charge is 0.395 e. The summed E-state index contributed by atoms with van der Waals surface area (Å²) in [4.78, 5) is 14.7. The fraction of sp³-hybridized carbons (Fsp3) is 0.348. The van der Waals surface area contributed by atoms with Crippen molar-refractivity contribution in [3.63, 3.8) is 0 Å². The number of hydrogen-bond acceptors (Lipinski definition) is 5. The van der Waals surface area contributed by atoms with Gasteiger partial charge in [0.1, 0.15) is 6.61 Å². The number of nitrogens with zero attached hydrogens (tertiary/aromatic N) is 1. The first-order valence-corrected chi connectivity index (χ1v) is 9.92. The standard InChI is InChI=1S/C23H28N2O4/c26-13-11-24-12-14-28-15-16-29-18-23(27)25-17-21-7-2-1-5-19(21)9-10-20-6-3-4-8-22(20)25/h1-10,24,26H,11-18H2/b10-9-. The van der Waals surface area contributed by atoms with Gasteiger partial charge < -0.3 is 24.8 Å². The fourth-order valence-electron chi connectivity index (χ4n) is 3.18. The van der Waals surface area contributed by atoms with Gasteiger partial charge in [-0.25, -0.2) is 0 Å². The van der Waals surface area contributed by atoms with Crippen LogP contribution in [0.5, 0.6) is 0 Å². The number of benzene rings is 2.